The molecule has 2 aromatic carbocycles. The second kappa shape index (κ2) is 8.85. The second-order valence-corrected chi connectivity index (χ2v) is 9.51. The minimum atomic E-state index is -4.21. The van der Waals surface area contributed by atoms with Crippen LogP contribution in [0.5, 0.6) is 5.75 Å². The van der Waals surface area contributed by atoms with Gasteiger partial charge in [0.25, 0.3) is 15.9 Å². The molecule has 0 unspecified atom stereocenters. The van der Waals surface area contributed by atoms with Gasteiger partial charge in [-0.3, -0.25) is 9.78 Å². The van der Waals surface area contributed by atoms with E-state index in [0.29, 0.717) is 18.7 Å². The first-order chi connectivity index (χ1) is 16.5. The molecule has 2 aromatic heterocycles. The molecule has 1 fully saturated rings. The summed E-state index contributed by atoms with van der Waals surface area (Å²) in [5, 5.41) is 0.803. The number of amides is 1. The number of methoxy groups -OCH3 is 1. The number of sulfonamides is 1. The number of aromatic nitrogens is 2. The van der Waals surface area contributed by atoms with Gasteiger partial charge < -0.3 is 9.47 Å². The maximum Gasteiger partial charge on any atom is 0.283 e. The fourth-order valence-electron chi connectivity index (χ4n) is 3.84. The van der Waals surface area contributed by atoms with Gasteiger partial charge in [0.2, 0.25) is 0 Å². The number of pyridine rings is 2. The van der Waals surface area contributed by atoms with E-state index in [2.05, 4.69) is 14.7 Å². The molecule has 0 spiro atoms. The summed E-state index contributed by atoms with van der Waals surface area (Å²) in [5.74, 6) is -0.564. The fraction of sp³-hybridized carbons (Fsp3) is 0.160. The van der Waals surface area contributed by atoms with Gasteiger partial charge in [0.15, 0.2) is 0 Å². The Morgan fingerprint density at radius 2 is 1.91 bits per heavy atom. The van der Waals surface area contributed by atoms with Crippen LogP contribution in [-0.4, -0.2) is 44.6 Å². The zero-order valence-corrected chi connectivity index (χ0v) is 19.1. The van der Waals surface area contributed by atoms with Crippen LogP contribution in [0, 0.1) is 0 Å². The van der Waals surface area contributed by atoms with Crippen molar-refractivity contribution in [2.45, 2.75) is 10.8 Å². The van der Waals surface area contributed by atoms with Crippen LogP contribution in [0.4, 0.5) is 0 Å². The van der Waals surface area contributed by atoms with Crippen LogP contribution in [0.25, 0.3) is 22.2 Å². The van der Waals surface area contributed by atoms with Gasteiger partial charge in [-0.15, -0.1) is 0 Å². The molecule has 8 nitrogen and oxygen atoms in total. The van der Waals surface area contributed by atoms with E-state index in [1.807, 2.05) is 30.3 Å². The maximum atomic E-state index is 13.1. The van der Waals surface area contributed by atoms with Gasteiger partial charge in [0.05, 0.1) is 31.5 Å². The van der Waals surface area contributed by atoms with Gasteiger partial charge in [0, 0.05) is 23.1 Å². The molecule has 5 rings (SSSR count). The molecule has 1 amide bonds. The summed E-state index contributed by atoms with van der Waals surface area (Å²) in [6.45, 7) is 1.05. The first-order valence-corrected chi connectivity index (χ1v) is 12.1. The third-order valence-corrected chi connectivity index (χ3v) is 7.07. The van der Waals surface area contributed by atoms with E-state index in [0.717, 1.165) is 22.2 Å². The molecule has 9 heteroatoms. The molecule has 0 radical (unpaired) electrons. The third-order valence-electron chi connectivity index (χ3n) is 5.72. The minimum absolute atomic E-state index is 0.0169. The Bertz CT molecular complexity index is 1490. The summed E-state index contributed by atoms with van der Waals surface area (Å²) in [6.07, 6.45) is 1.70. The average molecular weight is 476 g/mol. The summed E-state index contributed by atoms with van der Waals surface area (Å²) in [6, 6.07) is 19.3. The predicted octanol–water partition coefficient (Wildman–Crippen LogP) is 3.54. The second-order valence-electron chi connectivity index (χ2n) is 7.86. The highest BCUT2D eigenvalue weighted by atomic mass is 32.2. The lowest BCUT2D eigenvalue weighted by Gasteiger charge is -2.27. The summed E-state index contributed by atoms with van der Waals surface area (Å²) in [7, 11) is -2.83. The van der Waals surface area contributed by atoms with Gasteiger partial charge in [-0.25, -0.2) is 18.1 Å². The van der Waals surface area contributed by atoms with Gasteiger partial charge in [-0.1, -0.05) is 24.3 Å². The number of nitrogens with one attached hydrogen (secondary N) is 1. The zero-order chi connectivity index (χ0) is 23.7. The smallest absolute Gasteiger partial charge is 0.283 e. The van der Waals surface area contributed by atoms with E-state index in [9.17, 15) is 13.2 Å². The minimum Gasteiger partial charge on any atom is -0.495 e. The largest absolute Gasteiger partial charge is 0.495 e. The molecule has 1 saturated heterocycles. The van der Waals surface area contributed by atoms with Gasteiger partial charge >= 0.3 is 0 Å². The number of hydrogen-bond acceptors (Lipinski definition) is 7. The number of ether oxygens (including phenoxy) is 2. The number of benzene rings is 2. The van der Waals surface area contributed by atoms with Crippen LogP contribution < -0.4 is 9.46 Å². The summed E-state index contributed by atoms with van der Waals surface area (Å²) in [5.41, 5.74) is 2.99. The van der Waals surface area contributed by atoms with E-state index < -0.39 is 15.9 Å². The van der Waals surface area contributed by atoms with Gasteiger partial charge in [0.1, 0.15) is 16.3 Å². The first kappa shape index (κ1) is 22.0. The molecule has 1 N–H and O–H groups in total. The van der Waals surface area contributed by atoms with Crippen LogP contribution in [0.2, 0.25) is 0 Å². The van der Waals surface area contributed by atoms with Crippen molar-refractivity contribution in [2.24, 2.45) is 0 Å². The standard InChI is InChI=1S/C25H21N3O5S/c1-32-23-11-8-16(17-14-33-15-17)13-24(23)34(30,31)28-25(29)22-10-9-19-18(5-4-7-21(19)27-22)20-6-2-3-12-26-20/h2-13,17H,14-15H2,1H3,(H,28,29). The average Bonchev–Trinajstić information content (AvgIpc) is 2.82. The Hall–Kier alpha value is -3.82. The summed E-state index contributed by atoms with van der Waals surface area (Å²) in [4.78, 5) is 21.6. The predicted molar refractivity (Wildman–Crippen MR) is 126 cm³/mol. The van der Waals surface area contributed by atoms with Crippen molar-refractivity contribution in [3.8, 4) is 17.0 Å². The monoisotopic (exact) mass is 475 g/mol. The Morgan fingerprint density at radius 1 is 1.06 bits per heavy atom. The van der Waals surface area contributed by atoms with E-state index in [-0.39, 0.29) is 22.3 Å². The Labute approximate surface area is 196 Å². The molecule has 1 aliphatic heterocycles. The SMILES string of the molecule is COc1ccc(C2COC2)cc1S(=O)(=O)NC(=O)c1ccc2c(-c3ccccn3)cccc2n1. The Morgan fingerprint density at radius 3 is 2.62 bits per heavy atom. The van der Waals surface area contributed by atoms with Crippen LogP contribution in [0.15, 0.2) is 77.8 Å². The molecule has 0 atom stereocenters. The van der Waals surface area contributed by atoms with Crippen molar-refractivity contribution in [3.63, 3.8) is 0 Å². The lowest BCUT2D eigenvalue weighted by Crippen LogP contribution is -2.32. The van der Waals surface area contributed by atoms with Gasteiger partial charge in [-0.2, -0.15) is 0 Å². The van der Waals surface area contributed by atoms with Crippen molar-refractivity contribution in [1.82, 2.24) is 14.7 Å². The van der Waals surface area contributed by atoms with E-state index in [1.54, 1.807) is 30.5 Å². The number of fused-ring (bicyclic) bond motifs is 1. The number of carbonyl (C=O) groups is 1. The summed E-state index contributed by atoms with van der Waals surface area (Å²) < 4.78 is 38.8. The molecule has 1 aliphatic rings. The molecular formula is C25H21N3O5S. The summed E-state index contributed by atoms with van der Waals surface area (Å²) >= 11 is 0. The van der Waals surface area contributed by atoms with Crippen molar-refractivity contribution in [1.29, 1.82) is 0 Å². The number of hydrogen-bond donors (Lipinski definition) is 1. The van der Waals surface area contributed by atoms with Crippen molar-refractivity contribution >= 4 is 26.8 Å². The molecular weight excluding hydrogens is 454 g/mol. The first-order valence-electron chi connectivity index (χ1n) is 10.6. The zero-order valence-electron chi connectivity index (χ0n) is 18.3. The van der Waals surface area contributed by atoms with Gasteiger partial charge in [-0.05, 0) is 48.0 Å². The van der Waals surface area contributed by atoms with E-state index in [4.69, 9.17) is 9.47 Å². The Kier molecular flexibility index (Phi) is 5.72. The van der Waals surface area contributed by atoms with E-state index in [1.165, 1.54) is 19.2 Å². The third kappa shape index (κ3) is 4.11. The number of carbonyl (C=O) groups excluding carboxylic acids is 1. The number of nitrogens with zero attached hydrogens (tertiary/aromatic N) is 2. The topological polar surface area (TPSA) is 107 Å². The quantitative estimate of drug-likeness (QED) is 0.454. The van der Waals surface area contributed by atoms with E-state index >= 15 is 0 Å². The fourth-order valence-corrected chi connectivity index (χ4v) is 5.01. The molecule has 34 heavy (non-hydrogen) atoms. The lowest BCUT2D eigenvalue weighted by molar-refractivity contribution is 0.00831. The highest BCUT2D eigenvalue weighted by Crippen LogP contribution is 2.31. The lowest BCUT2D eigenvalue weighted by atomic mass is 9.98. The van der Waals surface area contributed by atoms with Crippen LogP contribution in [0.1, 0.15) is 22.0 Å². The highest BCUT2D eigenvalue weighted by Gasteiger charge is 2.27. The van der Waals surface area contributed by atoms with Crippen LogP contribution in [0.3, 0.4) is 0 Å². The van der Waals surface area contributed by atoms with Crippen LogP contribution >= 0.6 is 0 Å². The highest BCUT2D eigenvalue weighted by molar-refractivity contribution is 7.90. The molecule has 3 heterocycles. The van der Waals surface area contributed by atoms with Crippen molar-refractivity contribution < 1.29 is 22.7 Å². The normalized spacial score (nSPS) is 13.9. The molecule has 0 saturated carbocycles. The van der Waals surface area contributed by atoms with Crippen molar-refractivity contribution in [3.05, 3.63) is 84.2 Å². The molecule has 0 bridgehead atoms. The number of rotatable bonds is 6. The molecule has 172 valence electrons. The molecule has 4 aromatic rings. The van der Waals surface area contributed by atoms with Crippen LogP contribution in [-0.2, 0) is 14.8 Å². The molecule has 0 aliphatic carbocycles. The maximum absolute atomic E-state index is 13.1. The van der Waals surface area contributed by atoms with Crippen molar-refractivity contribution in [2.75, 3.05) is 20.3 Å². The Balaban J connectivity index is 1.45.